The van der Waals surface area contributed by atoms with Crippen LogP contribution in [0.4, 0.5) is 0 Å². The van der Waals surface area contributed by atoms with E-state index in [9.17, 15) is 0 Å². The molecule has 0 radical (unpaired) electrons. The topological polar surface area (TPSA) is 9.23 Å². The molecule has 0 spiro atoms. The summed E-state index contributed by atoms with van der Waals surface area (Å²) in [6, 6.07) is 4.87. The van der Waals surface area contributed by atoms with Crippen LogP contribution in [0.25, 0.3) is 0 Å². The summed E-state index contributed by atoms with van der Waals surface area (Å²) < 4.78 is 84.3. The maximum absolute atomic E-state index is 8.12. The van der Waals surface area contributed by atoms with Crippen molar-refractivity contribution in [3.8, 4) is 0 Å². The molecule has 0 amide bonds. The lowest BCUT2D eigenvalue weighted by molar-refractivity contribution is 0.573. The Kier molecular flexibility index (Phi) is 2.08. The van der Waals surface area contributed by atoms with Crippen LogP contribution in [0, 0.1) is 13.7 Å². The number of hydrogen-bond acceptors (Lipinski definition) is 1. The molecular formula is C18H26OSi2. The van der Waals surface area contributed by atoms with Gasteiger partial charge in [0.25, 0.3) is 0 Å². The highest BCUT2D eigenvalue weighted by Crippen LogP contribution is 2.15. The Morgan fingerprint density at radius 3 is 1.38 bits per heavy atom. The van der Waals surface area contributed by atoms with Crippen molar-refractivity contribution in [1.82, 2.24) is 0 Å². The van der Waals surface area contributed by atoms with E-state index >= 15 is 0 Å². The van der Waals surface area contributed by atoms with Gasteiger partial charge in [0.2, 0.25) is 16.6 Å². The highest BCUT2D eigenvalue weighted by Gasteiger charge is 2.35. The van der Waals surface area contributed by atoms with E-state index in [0.717, 1.165) is 0 Å². The van der Waals surface area contributed by atoms with E-state index in [0.29, 0.717) is 10.4 Å². The summed E-state index contributed by atoms with van der Waals surface area (Å²) in [7, 11) is -5.45. The van der Waals surface area contributed by atoms with Crippen molar-refractivity contribution >= 4 is 27.0 Å². The van der Waals surface area contributed by atoms with E-state index in [2.05, 4.69) is 0 Å². The molecule has 2 aromatic rings. The fourth-order valence-electron chi connectivity index (χ4n) is 2.22. The normalized spacial score (nSPS) is 20.6. The van der Waals surface area contributed by atoms with Crippen LogP contribution in [0.1, 0.15) is 24.8 Å². The lowest BCUT2D eigenvalue weighted by Gasteiger charge is -2.34. The lowest BCUT2D eigenvalue weighted by atomic mass is 10.2. The van der Waals surface area contributed by atoms with Crippen molar-refractivity contribution in [2.75, 3.05) is 0 Å². The van der Waals surface area contributed by atoms with Crippen molar-refractivity contribution in [3.05, 3.63) is 59.6 Å². The average molecular weight is 325 g/mol. The Morgan fingerprint density at radius 2 is 1.10 bits per heavy atom. The molecular weight excluding hydrogens is 288 g/mol. The Balaban J connectivity index is 2.47. The number of benzene rings is 2. The van der Waals surface area contributed by atoms with Crippen molar-refractivity contribution in [2.45, 2.75) is 39.9 Å². The summed E-state index contributed by atoms with van der Waals surface area (Å²) in [4.78, 5) is 0. The first kappa shape index (κ1) is 7.40. The van der Waals surface area contributed by atoms with Gasteiger partial charge < -0.3 is 4.12 Å². The van der Waals surface area contributed by atoms with E-state index in [1.54, 1.807) is 0 Å². The Labute approximate surface area is 145 Å². The zero-order valence-corrected chi connectivity index (χ0v) is 14.7. The molecule has 2 aromatic carbocycles. The third-order valence-corrected chi connectivity index (χ3v) is 10.8. The summed E-state index contributed by atoms with van der Waals surface area (Å²) in [5.74, 6) is 0. The predicted octanol–water partition coefficient (Wildman–Crippen LogP) is 3.84. The van der Waals surface area contributed by atoms with Gasteiger partial charge in [0.15, 0.2) is 0 Å². The monoisotopic (exact) mass is 324 g/mol. The van der Waals surface area contributed by atoms with Crippen LogP contribution in [0.5, 0.6) is 0 Å². The zero-order valence-electron chi connectivity index (χ0n) is 22.7. The fraction of sp³-hybridized carbons (Fsp3) is 0.333. The van der Waals surface area contributed by atoms with Gasteiger partial charge in [-0.25, -0.2) is 0 Å². The molecule has 0 unspecified atom stereocenters. The fourth-order valence-corrected chi connectivity index (χ4v) is 9.94. The first-order chi connectivity index (χ1) is 13.8. The van der Waals surface area contributed by atoms with Crippen molar-refractivity contribution in [1.29, 1.82) is 0 Å². The molecule has 0 atom stereocenters. The van der Waals surface area contributed by atoms with Gasteiger partial charge in [-0.05, 0) is 50.3 Å². The van der Waals surface area contributed by atoms with E-state index in [1.165, 1.54) is 24.3 Å². The van der Waals surface area contributed by atoms with Crippen LogP contribution < -0.4 is 10.4 Å². The second-order valence-electron chi connectivity index (χ2n) is 5.94. The molecule has 0 saturated carbocycles. The molecule has 0 N–H and O–H groups in total. The van der Waals surface area contributed by atoms with Gasteiger partial charge in [0.05, 0.1) is 5.48 Å². The van der Waals surface area contributed by atoms with Crippen LogP contribution in [0.2, 0.25) is 26.2 Å². The van der Waals surface area contributed by atoms with Gasteiger partial charge in [0.1, 0.15) is 0 Å². The zero-order chi connectivity index (χ0) is 24.2. The second kappa shape index (κ2) is 5.91. The van der Waals surface area contributed by atoms with Crippen LogP contribution in [0.3, 0.4) is 0 Å². The molecule has 0 fully saturated rings. The lowest BCUT2D eigenvalue weighted by Crippen LogP contribution is -2.57. The van der Waals surface area contributed by atoms with E-state index in [-0.39, 0.29) is 35.3 Å². The first-order valence-electron chi connectivity index (χ1n) is 11.7. The quantitative estimate of drug-likeness (QED) is 0.776. The van der Waals surface area contributed by atoms with Gasteiger partial charge in [-0.15, -0.1) is 0 Å². The SMILES string of the molecule is [2H]c1cc([Si](C)(C)O[Si](C)(C)c2cc([2H])c(C([2H])([2H])[2H])c([2H])c2)cc([2H])c1C([2H])([2H])[2H]. The highest BCUT2D eigenvalue weighted by atomic mass is 28.4. The summed E-state index contributed by atoms with van der Waals surface area (Å²) in [5, 5.41) is 1.21. The molecule has 0 saturated heterocycles. The highest BCUT2D eigenvalue weighted by molar-refractivity contribution is 6.96. The molecule has 0 heterocycles. The molecule has 0 aliphatic carbocycles. The smallest absolute Gasteiger partial charge is 0.206 e. The molecule has 112 valence electrons. The van der Waals surface area contributed by atoms with Crippen LogP contribution >= 0.6 is 0 Å². The third kappa shape index (κ3) is 3.93. The Morgan fingerprint density at radius 1 is 0.762 bits per heavy atom. The Bertz CT molecular complexity index is 870. The van der Waals surface area contributed by atoms with Crippen LogP contribution in [0.15, 0.2) is 48.4 Å². The standard InChI is InChI=1S/C18H26OSi2/c1-15-7-11-17(12-8-15)20(3,4)19-21(5,6)18-13-9-16(2)10-14-18/h7-14H,1-6H3/i1D3,2D3,7D,8D,9D,10D. The summed E-state index contributed by atoms with van der Waals surface area (Å²) in [5.41, 5.74) is -0.592. The minimum absolute atomic E-state index is 0.227. The van der Waals surface area contributed by atoms with Crippen LogP contribution in [-0.4, -0.2) is 16.6 Å². The molecule has 21 heavy (non-hydrogen) atoms. The second-order valence-corrected chi connectivity index (χ2v) is 14.0. The molecule has 1 nitrogen and oxygen atoms in total. The maximum atomic E-state index is 8.12. The summed E-state index contributed by atoms with van der Waals surface area (Å²) in [6.45, 7) is 2.42. The van der Waals surface area contributed by atoms with Crippen molar-refractivity contribution in [2.24, 2.45) is 0 Å². The van der Waals surface area contributed by atoms with Crippen molar-refractivity contribution in [3.63, 3.8) is 0 Å². The summed E-state index contributed by atoms with van der Waals surface area (Å²) >= 11 is 0. The van der Waals surface area contributed by atoms with E-state index < -0.39 is 30.3 Å². The van der Waals surface area contributed by atoms with E-state index in [1.807, 2.05) is 26.2 Å². The largest absolute Gasteiger partial charge is 0.449 e. The minimum atomic E-state index is -2.72. The average Bonchev–Trinajstić information content (AvgIpc) is 2.49. The summed E-state index contributed by atoms with van der Waals surface area (Å²) in [6.07, 6.45) is 0. The molecule has 3 heteroatoms. The van der Waals surface area contributed by atoms with Gasteiger partial charge in [-0.1, -0.05) is 59.6 Å². The van der Waals surface area contributed by atoms with Gasteiger partial charge >= 0.3 is 0 Å². The predicted molar refractivity (Wildman–Crippen MR) is 97.7 cm³/mol. The molecule has 0 aromatic heterocycles. The molecule has 2 rings (SSSR count). The first-order valence-corrected chi connectivity index (χ1v) is 12.5. The Hall–Kier alpha value is -1.17. The van der Waals surface area contributed by atoms with Gasteiger partial charge in [0, 0.05) is 8.22 Å². The molecule has 0 aliphatic rings. The van der Waals surface area contributed by atoms with E-state index in [4.69, 9.17) is 17.8 Å². The third-order valence-electron chi connectivity index (χ3n) is 3.39. The maximum Gasteiger partial charge on any atom is 0.206 e. The number of hydrogen-bond donors (Lipinski definition) is 0. The van der Waals surface area contributed by atoms with Crippen LogP contribution in [-0.2, 0) is 4.12 Å². The molecule has 0 bridgehead atoms. The van der Waals surface area contributed by atoms with Crippen molar-refractivity contribution < 1.29 is 17.8 Å². The number of rotatable bonds is 4. The van der Waals surface area contributed by atoms with Gasteiger partial charge in [-0.3, -0.25) is 0 Å². The van der Waals surface area contributed by atoms with Gasteiger partial charge in [-0.2, -0.15) is 0 Å². The molecule has 0 aliphatic heterocycles. The minimum Gasteiger partial charge on any atom is -0.449 e.